The Hall–Kier alpha value is -5.28. The molecular weight excluding hydrogens is 504 g/mol. The van der Waals surface area contributed by atoms with Gasteiger partial charge in [0.05, 0.1) is 11.4 Å². The Bertz CT molecular complexity index is 1820. The minimum atomic E-state index is -0.472. The second kappa shape index (κ2) is 10.00. The molecule has 38 heavy (non-hydrogen) atoms. The summed E-state index contributed by atoms with van der Waals surface area (Å²) in [7, 11) is 0. The van der Waals surface area contributed by atoms with Crippen LogP contribution in [0.5, 0.6) is 0 Å². The van der Waals surface area contributed by atoms with E-state index in [-0.39, 0.29) is 17.4 Å². The summed E-state index contributed by atoms with van der Waals surface area (Å²) in [6.45, 7) is 3.47. The van der Waals surface area contributed by atoms with Crippen LogP contribution in [-0.4, -0.2) is 35.9 Å². The third kappa shape index (κ3) is 4.61. The molecule has 12 heteroatoms. The highest BCUT2D eigenvalue weighted by molar-refractivity contribution is 7.15. The summed E-state index contributed by atoms with van der Waals surface area (Å²) in [5, 5.41) is 5.93. The van der Waals surface area contributed by atoms with Gasteiger partial charge in [-0.3, -0.25) is 19.5 Å². The molecule has 2 amide bonds. The van der Waals surface area contributed by atoms with Crippen molar-refractivity contribution in [1.82, 2.24) is 24.1 Å². The van der Waals surface area contributed by atoms with Crippen LogP contribution in [0, 0.1) is 18.8 Å². The number of aryl methyl sites for hydroxylation is 1. The fraction of sp³-hybridized carbons (Fsp3) is 0.0769. The number of carbonyl (C=O) groups excluding carboxylic acids is 2. The number of nitrogens with two attached hydrogens (primary N) is 1. The molecule has 0 radical (unpaired) electrons. The van der Waals surface area contributed by atoms with Gasteiger partial charge in [0.25, 0.3) is 11.8 Å². The number of nitrogens with one attached hydrogen (secondary N) is 2. The molecule has 0 atom stereocenters. The highest BCUT2D eigenvalue weighted by Gasteiger charge is 2.21. The fourth-order valence-electron chi connectivity index (χ4n) is 3.86. The lowest BCUT2D eigenvalue weighted by atomic mass is 10.2. The van der Waals surface area contributed by atoms with Gasteiger partial charge < -0.3 is 11.1 Å². The average molecular weight is 525 g/mol. The fourth-order valence-corrected chi connectivity index (χ4v) is 4.52. The first-order valence-corrected chi connectivity index (χ1v) is 12.1. The predicted octanol–water partition coefficient (Wildman–Crippen LogP) is 3.13. The number of nitrogens with zero attached hydrogens (tertiary/aromatic N) is 5. The molecule has 5 aromatic rings. The molecule has 0 aliphatic carbocycles. The van der Waals surface area contributed by atoms with Gasteiger partial charge in [-0.05, 0) is 62.2 Å². The van der Waals surface area contributed by atoms with Crippen LogP contribution in [-0.2, 0) is 4.79 Å². The molecule has 0 aliphatic heterocycles. The molecule has 0 bridgehead atoms. The van der Waals surface area contributed by atoms with Crippen molar-refractivity contribution in [3.05, 3.63) is 82.0 Å². The molecule has 2 aromatic carbocycles. The summed E-state index contributed by atoms with van der Waals surface area (Å²) in [6, 6.07) is 13.2. The van der Waals surface area contributed by atoms with Gasteiger partial charge >= 0.3 is 5.69 Å². The largest absolute Gasteiger partial charge is 0.382 e. The highest BCUT2D eigenvalue weighted by atomic mass is 32.1. The molecule has 0 fully saturated rings. The van der Waals surface area contributed by atoms with Crippen LogP contribution < -0.4 is 22.1 Å². The average Bonchev–Trinajstić information content (AvgIpc) is 3.44. The lowest BCUT2D eigenvalue weighted by Gasteiger charge is -2.07. The van der Waals surface area contributed by atoms with Gasteiger partial charge in [0.15, 0.2) is 16.6 Å². The standard InChI is InChI=1S/C26H20N8O3S/c1-3-5-20(35)31-17-6-4-7-19(12-17)34-23-21(22(27)29-14-30-23)33(26(34)37)18-10-8-16(9-11-18)24(36)32-25-28-13-15(2)38-25/h4,6-14H,1-2H3,(H,31,35)(H2,27,29,30)(H,28,32,36). The summed E-state index contributed by atoms with van der Waals surface area (Å²) in [6.07, 6.45) is 2.95. The first-order chi connectivity index (χ1) is 18.4. The molecule has 0 aliphatic rings. The molecule has 4 N–H and O–H groups in total. The molecule has 0 saturated heterocycles. The van der Waals surface area contributed by atoms with E-state index >= 15 is 0 Å². The van der Waals surface area contributed by atoms with Crippen LogP contribution in [0.3, 0.4) is 0 Å². The van der Waals surface area contributed by atoms with Crippen LogP contribution >= 0.6 is 11.3 Å². The van der Waals surface area contributed by atoms with Crippen molar-refractivity contribution in [3.63, 3.8) is 0 Å². The molecule has 3 heterocycles. The van der Waals surface area contributed by atoms with E-state index in [2.05, 4.69) is 37.4 Å². The summed E-state index contributed by atoms with van der Waals surface area (Å²) >= 11 is 1.37. The number of fused-ring (bicyclic) bond motifs is 1. The van der Waals surface area contributed by atoms with Crippen LogP contribution in [0.4, 0.5) is 16.6 Å². The number of anilines is 3. The van der Waals surface area contributed by atoms with Gasteiger partial charge in [0.1, 0.15) is 11.8 Å². The monoisotopic (exact) mass is 524 g/mol. The third-order valence-electron chi connectivity index (χ3n) is 5.48. The summed E-state index contributed by atoms with van der Waals surface area (Å²) < 4.78 is 2.75. The lowest BCUT2D eigenvalue weighted by molar-refractivity contribution is -0.111. The van der Waals surface area contributed by atoms with E-state index in [1.165, 1.54) is 26.8 Å². The molecular formula is C26H20N8O3S. The predicted molar refractivity (Wildman–Crippen MR) is 146 cm³/mol. The number of hydrogen-bond acceptors (Lipinski definition) is 8. The Balaban J connectivity index is 1.56. The Labute approximate surface area is 220 Å². The maximum atomic E-state index is 13.7. The molecule has 11 nitrogen and oxygen atoms in total. The Morgan fingerprint density at radius 3 is 2.50 bits per heavy atom. The zero-order valence-corrected chi connectivity index (χ0v) is 21.0. The Morgan fingerprint density at radius 1 is 1.00 bits per heavy atom. The van der Waals surface area contributed by atoms with Gasteiger partial charge in [-0.1, -0.05) is 12.0 Å². The normalized spacial score (nSPS) is 10.6. The van der Waals surface area contributed by atoms with Gasteiger partial charge in [-0.15, -0.1) is 11.3 Å². The Morgan fingerprint density at radius 2 is 1.79 bits per heavy atom. The first-order valence-electron chi connectivity index (χ1n) is 11.3. The number of hydrogen-bond donors (Lipinski definition) is 3. The number of aromatic nitrogens is 5. The molecule has 3 aromatic heterocycles. The molecule has 5 rings (SSSR count). The summed E-state index contributed by atoms with van der Waals surface area (Å²) in [5.74, 6) is 4.26. The number of nitrogen functional groups attached to an aromatic ring is 1. The second-order valence-corrected chi connectivity index (χ2v) is 9.28. The number of imidazole rings is 1. The number of benzene rings is 2. The topological polar surface area (TPSA) is 150 Å². The number of thiazole rings is 1. The van der Waals surface area contributed by atoms with Crippen LogP contribution in [0.1, 0.15) is 22.2 Å². The third-order valence-corrected chi connectivity index (χ3v) is 6.31. The lowest BCUT2D eigenvalue weighted by Crippen LogP contribution is -2.22. The zero-order chi connectivity index (χ0) is 26.8. The smallest absolute Gasteiger partial charge is 0.339 e. The Kier molecular flexibility index (Phi) is 6.42. The molecule has 188 valence electrons. The summed E-state index contributed by atoms with van der Waals surface area (Å²) in [5.41, 5.74) is 8.07. The molecule has 0 saturated carbocycles. The van der Waals surface area contributed by atoms with E-state index in [1.54, 1.807) is 61.7 Å². The zero-order valence-electron chi connectivity index (χ0n) is 20.2. The van der Waals surface area contributed by atoms with Crippen molar-refractivity contribution in [2.45, 2.75) is 13.8 Å². The van der Waals surface area contributed by atoms with Crippen molar-refractivity contribution in [1.29, 1.82) is 0 Å². The van der Waals surface area contributed by atoms with Gasteiger partial charge in [-0.2, -0.15) is 0 Å². The van der Waals surface area contributed by atoms with E-state index in [0.717, 1.165) is 4.88 Å². The maximum absolute atomic E-state index is 13.7. The number of amides is 2. The number of rotatable bonds is 5. The molecule has 0 spiro atoms. The van der Waals surface area contributed by atoms with Crippen molar-refractivity contribution in [2.75, 3.05) is 16.4 Å². The second-order valence-electron chi connectivity index (χ2n) is 8.04. The minimum absolute atomic E-state index is 0.106. The van der Waals surface area contributed by atoms with Crippen molar-refractivity contribution in [3.8, 4) is 23.2 Å². The van der Waals surface area contributed by atoms with E-state index in [4.69, 9.17) is 5.73 Å². The van der Waals surface area contributed by atoms with Crippen molar-refractivity contribution >= 4 is 51.0 Å². The SMILES string of the molecule is CC#CC(=O)Nc1cccc(-n2c(=O)n(-c3ccc(C(=O)Nc4ncc(C)s4)cc3)c3c(N)ncnc32)c1. The van der Waals surface area contributed by atoms with Crippen molar-refractivity contribution in [2.24, 2.45) is 0 Å². The van der Waals surface area contributed by atoms with E-state index in [9.17, 15) is 14.4 Å². The van der Waals surface area contributed by atoms with Crippen LogP contribution in [0.15, 0.2) is 65.8 Å². The van der Waals surface area contributed by atoms with Crippen LogP contribution in [0.2, 0.25) is 0 Å². The van der Waals surface area contributed by atoms with E-state index in [1.807, 2.05) is 6.92 Å². The highest BCUT2D eigenvalue weighted by Crippen LogP contribution is 2.24. The van der Waals surface area contributed by atoms with Crippen LogP contribution in [0.25, 0.3) is 22.5 Å². The van der Waals surface area contributed by atoms with Gasteiger partial charge in [-0.25, -0.2) is 24.3 Å². The molecule has 0 unspecified atom stereocenters. The van der Waals surface area contributed by atoms with Gasteiger partial charge in [0.2, 0.25) is 0 Å². The maximum Gasteiger partial charge on any atom is 0.339 e. The van der Waals surface area contributed by atoms with Crippen molar-refractivity contribution < 1.29 is 9.59 Å². The summed E-state index contributed by atoms with van der Waals surface area (Å²) in [4.78, 5) is 51.8. The van der Waals surface area contributed by atoms with E-state index < -0.39 is 11.6 Å². The van der Waals surface area contributed by atoms with Gasteiger partial charge in [0, 0.05) is 22.3 Å². The van der Waals surface area contributed by atoms with E-state index in [0.29, 0.717) is 33.3 Å². The minimum Gasteiger partial charge on any atom is -0.382 e. The first kappa shape index (κ1) is 24.4. The quantitative estimate of drug-likeness (QED) is 0.299. The number of carbonyl (C=O) groups is 2.